The van der Waals surface area contributed by atoms with Crippen molar-refractivity contribution in [2.75, 3.05) is 13.7 Å². The minimum Gasteiger partial charge on any atom is -0.493 e. The van der Waals surface area contributed by atoms with Crippen LogP contribution in [0.15, 0.2) is 70.0 Å². The first-order valence-corrected chi connectivity index (χ1v) is 11.5. The Morgan fingerprint density at radius 2 is 2.03 bits per heavy atom. The summed E-state index contributed by atoms with van der Waals surface area (Å²) in [4.78, 5) is 18.1. The fraction of sp³-hybridized carbons (Fsp3) is 0.269. The molecule has 0 radical (unpaired) electrons. The van der Waals surface area contributed by atoms with Gasteiger partial charge in [-0.3, -0.25) is 4.79 Å². The number of hydrogen-bond acceptors (Lipinski definition) is 5. The van der Waals surface area contributed by atoms with E-state index in [-0.39, 0.29) is 11.5 Å². The maximum atomic E-state index is 13.3. The Kier molecular flexibility index (Phi) is 8.22. The van der Waals surface area contributed by atoms with E-state index in [1.165, 1.54) is 4.68 Å². The van der Waals surface area contributed by atoms with Crippen LogP contribution < -0.4 is 15.0 Å². The highest BCUT2D eigenvalue weighted by Gasteiger charge is 2.16. The van der Waals surface area contributed by atoms with Gasteiger partial charge in [-0.1, -0.05) is 48.5 Å². The number of allylic oxidation sites excluding steroid dienone is 1. The van der Waals surface area contributed by atoms with Crippen molar-refractivity contribution in [2.24, 2.45) is 5.10 Å². The fourth-order valence-electron chi connectivity index (χ4n) is 3.43. The molecule has 1 heterocycles. The van der Waals surface area contributed by atoms with Crippen LogP contribution >= 0.6 is 15.9 Å². The highest BCUT2D eigenvalue weighted by Crippen LogP contribution is 2.33. The van der Waals surface area contributed by atoms with Crippen molar-refractivity contribution in [1.82, 2.24) is 9.66 Å². The molecule has 3 rings (SSSR count). The minimum absolute atomic E-state index is 0.0587. The predicted molar refractivity (Wildman–Crippen MR) is 138 cm³/mol. The lowest BCUT2D eigenvalue weighted by Crippen LogP contribution is -2.23. The molecule has 1 aromatic heterocycles. The molecule has 7 heteroatoms. The summed E-state index contributed by atoms with van der Waals surface area (Å²) in [6.45, 7) is 12.0. The summed E-state index contributed by atoms with van der Waals surface area (Å²) in [5.74, 6) is 1.90. The number of rotatable bonds is 10. The van der Waals surface area contributed by atoms with E-state index in [0.717, 1.165) is 22.0 Å². The largest absolute Gasteiger partial charge is 0.493 e. The molecule has 6 nitrogen and oxygen atoms in total. The Hall–Kier alpha value is -3.19. The van der Waals surface area contributed by atoms with Crippen LogP contribution in [0.5, 0.6) is 11.5 Å². The third-order valence-electron chi connectivity index (χ3n) is 5.29. The standard InChI is InChI=1S/C26H28BrN3O3/c1-6-9-19-13-18(14-23(32-5)24(19)33-12-7-2)16-28-30-25(17(4)8-3)29-22-11-10-20(27)15-21(22)26(30)31/h6-7,10-11,13-17H,1-2,8-9,12H2,3-5H3/t17-/m0/s1. The third kappa shape index (κ3) is 5.42. The topological polar surface area (TPSA) is 65.7 Å². The van der Waals surface area contributed by atoms with Crippen molar-refractivity contribution >= 4 is 33.0 Å². The number of halogens is 1. The second-order valence-electron chi connectivity index (χ2n) is 7.61. The van der Waals surface area contributed by atoms with Gasteiger partial charge in [-0.05, 0) is 48.7 Å². The van der Waals surface area contributed by atoms with Crippen LogP contribution in [0.25, 0.3) is 10.9 Å². The maximum Gasteiger partial charge on any atom is 0.282 e. The van der Waals surface area contributed by atoms with Crippen molar-refractivity contribution in [3.63, 3.8) is 0 Å². The molecule has 0 saturated carbocycles. The van der Waals surface area contributed by atoms with E-state index in [4.69, 9.17) is 14.5 Å². The summed E-state index contributed by atoms with van der Waals surface area (Å²) < 4.78 is 13.6. The molecular weight excluding hydrogens is 482 g/mol. The molecule has 3 aromatic rings. The quantitative estimate of drug-likeness (QED) is 0.253. The zero-order chi connectivity index (χ0) is 24.0. The molecule has 1 atom stereocenters. The molecule has 0 aliphatic rings. The summed E-state index contributed by atoms with van der Waals surface area (Å²) in [5.41, 5.74) is 2.12. The van der Waals surface area contributed by atoms with Crippen molar-refractivity contribution in [2.45, 2.75) is 32.6 Å². The van der Waals surface area contributed by atoms with Gasteiger partial charge in [0, 0.05) is 16.0 Å². The van der Waals surface area contributed by atoms with Gasteiger partial charge in [-0.2, -0.15) is 9.78 Å². The molecule has 0 spiro atoms. The molecule has 2 aromatic carbocycles. The summed E-state index contributed by atoms with van der Waals surface area (Å²) in [7, 11) is 1.59. The lowest BCUT2D eigenvalue weighted by Gasteiger charge is -2.15. The second kappa shape index (κ2) is 11.1. The van der Waals surface area contributed by atoms with E-state index in [1.54, 1.807) is 31.5 Å². The smallest absolute Gasteiger partial charge is 0.282 e. The third-order valence-corrected chi connectivity index (χ3v) is 5.79. The van der Waals surface area contributed by atoms with Gasteiger partial charge < -0.3 is 9.47 Å². The van der Waals surface area contributed by atoms with Crippen LogP contribution in [-0.4, -0.2) is 29.6 Å². The second-order valence-corrected chi connectivity index (χ2v) is 8.52. The number of fused-ring (bicyclic) bond motifs is 1. The number of aromatic nitrogens is 2. The van der Waals surface area contributed by atoms with Gasteiger partial charge in [0.05, 0.1) is 24.2 Å². The lowest BCUT2D eigenvalue weighted by atomic mass is 10.1. The summed E-state index contributed by atoms with van der Waals surface area (Å²) >= 11 is 3.44. The molecule has 0 unspecified atom stereocenters. The number of hydrogen-bond donors (Lipinski definition) is 0. The average molecular weight is 510 g/mol. The van der Waals surface area contributed by atoms with E-state index in [0.29, 0.717) is 41.3 Å². The number of ether oxygens (including phenoxy) is 2. The fourth-order valence-corrected chi connectivity index (χ4v) is 3.79. The van der Waals surface area contributed by atoms with E-state index >= 15 is 0 Å². The first-order chi connectivity index (χ1) is 15.9. The van der Waals surface area contributed by atoms with Crippen LogP contribution in [0.4, 0.5) is 0 Å². The van der Waals surface area contributed by atoms with Gasteiger partial charge in [-0.15, -0.1) is 6.58 Å². The molecule has 0 amide bonds. The van der Waals surface area contributed by atoms with Gasteiger partial charge in [0.2, 0.25) is 0 Å². The SMILES string of the molecule is C=CCOc1c(CC=C)cc(C=Nn2c([C@@H](C)CC)nc3ccc(Br)cc3c2=O)cc1OC. The van der Waals surface area contributed by atoms with E-state index in [2.05, 4.69) is 41.1 Å². The molecular formula is C26H28BrN3O3. The number of benzene rings is 2. The Morgan fingerprint density at radius 1 is 1.24 bits per heavy atom. The van der Waals surface area contributed by atoms with Crippen LogP contribution in [-0.2, 0) is 6.42 Å². The Balaban J connectivity index is 2.15. The number of methoxy groups -OCH3 is 1. The van der Waals surface area contributed by atoms with E-state index in [9.17, 15) is 4.79 Å². The van der Waals surface area contributed by atoms with Crippen LogP contribution in [0.2, 0.25) is 0 Å². The van der Waals surface area contributed by atoms with Gasteiger partial charge in [0.15, 0.2) is 11.5 Å². The monoisotopic (exact) mass is 509 g/mol. The Bertz CT molecular complexity index is 1260. The molecule has 0 saturated heterocycles. The van der Waals surface area contributed by atoms with Gasteiger partial charge in [0.25, 0.3) is 5.56 Å². The molecule has 172 valence electrons. The lowest BCUT2D eigenvalue weighted by molar-refractivity contribution is 0.323. The molecule has 33 heavy (non-hydrogen) atoms. The molecule has 0 aliphatic carbocycles. The van der Waals surface area contributed by atoms with Crippen molar-refractivity contribution < 1.29 is 9.47 Å². The average Bonchev–Trinajstić information content (AvgIpc) is 2.82. The van der Waals surface area contributed by atoms with Crippen molar-refractivity contribution in [1.29, 1.82) is 0 Å². The van der Waals surface area contributed by atoms with E-state index in [1.807, 2.05) is 31.2 Å². The first kappa shape index (κ1) is 24.5. The highest BCUT2D eigenvalue weighted by molar-refractivity contribution is 9.10. The summed E-state index contributed by atoms with van der Waals surface area (Å²) in [5, 5.41) is 5.06. The van der Waals surface area contributed by atoms with Gasteiger partial charge in [-0.25, -0.2) is 4.98 Å². The van der Waals surface area contributed by atoms with Crippen LogP contribution in [0.3, 0.4) is 0 Å². The predicted octanol–water partition coefficient (Wildman–Crippen LogP) is 5.86. The molecule has 0 fully saturated rings. The summed E-state index contributed by atoms with van der Waals surface area (Å²) in [6, 6.07) is 9.27. The molecule has 0 aliphatic heterocycles. The van der Waals surface area contributed by atoms with Gasteiger partial charge in [0.1, 0.15) is 12.4 Å². The minimum atomic E-state index is -0.211. The first-order valence-electron chi connectivity index (χ1n) is 10.8. The van der Waals surface area contributed by atoms with Gasteiger partial charge >= 0.3 is 0 Å². The zero-order valence-electron chi connectivity index (χ0n) is 19.2. The van der Waals surface area contributed by atoms with Crippen molar-refractivity contribution in [3.8, 4) is 11.5 Å². The van der Waals surface area contributed by atoms with Crippen LogP contribution in [0, 0.1) is 0 Å². The number of nitrogens with zero attached hydrogens (tertiary/aromatic N) is 3. The Morgan fingerprint density at radius 3 is 2.70 bits per heavy atom. The molecule has 0 N–H and O–H groups in total. The van der Waals surface area contributed by atoms with E-state index < -0.39 is 0 Å². The normalized spacial score (nSPS) is 12.1. The zero-order valence-corrected chi connectivity index (χ0v) is 20.8. The Labute approximate surface area is 202 Å². The highest BCUT2D eigenvalue weighted by atomic mass is 79.9. The van der Waals surface area contributed by atoms with Crippen LogP contribution in [0.1, 0.15) is 43.1 Å². The molecule has 0 bridgehead atoms. The van der Waals surface area contributed by atoms with Crippen molar-refractivity contribution in [3.05, 3.63) is 87.4 Å². The summed E-state index contributed by atoms with van der Waals surface area (Å²) in [6.07, 6.45) is 6.55. The maximum absolute atomic E-state index is 13.3.